The van der Waals surface area contributed by atoms with Gasteiger partial charge in [-0.2, -0.15) is 0 Å². The third kappa shape index (κ3) is 3.97. The molecule has 10 heteroatoms. The van der Waals surface area contributed by atoms with E-state index in [0.29, 0.717) is 18.1 Å². The van der Waals surface area contributed by atoms with Crippen molar-refractivity contribution >= 4 is 28.4 Å². The van der Waals surface area contributed by atoms with Gasteiger partial charge in [0.1, 0.15) is 11.4 Å². The van der Waals surface area contributed by atoms with Crippen LogP contribution in [0.4, 0.5) is 9.93 Å². The molecule has 2 aromatic heterocycles. The number of likely N-dealkylation sites (tertiary alicyclic amines) is 1. The monoisotopic (exact) mass is 458 g/mol. The first-order chi connectivity index (χ1) is 15.3. The Labute approximate surface area is 191 Å². The molecule has 2 aromatic rings. The van der Waals surface area contributed by atoms with Crippen molar-refractivity contribution in [3.05, 3.63) is 23.8 Å². The quantitative estimate of drug-likeness (QED) is 0.709. The lowest BCUT2D eigenvalue weighted by molar-refractivity contribution is -0.126. The predicted octanol–water partition coefficient (Wildman–Crippen LogP) is 3.24. The van der Waals surface area contributed by atoms with Crippen LogP contribution >= 0.6 is 11.3 Å². The van der Waals surface area contributed by atoms with Crippen molar-refractivity contribution in [1.29, 1.82) is 0 Å². The van der Waals surface area contributed by atoms with E-state index >= 15 is 0 Å². The van der Waals surface area contributed by atoms with Crippen molar-refractivity contribution in [2.45, 2.75) is 63.8 Å². The molecule has 3 N–H and O–H groups in total. The number of aryl methyl sites for hydroxylation is 1. The number of amides is 3. The third-order valence-electron chi connectivity index (χ3n) is 6.92. The second-order valence-corrected chi connectivity index (χ2v) is 9.77. The summed E-state index contributed by atoms with van der Waals surface area (Å²) < 4.78 is 5.56. The Hall–Kier alpha value is -2.59. The van der Waals surface area contributed by atoms with E-state index in [2.05, 4.69) is 22.2 Å². The first-order valence-electron chi connectivity index (χ1n) is 11.1. The van der Waals surface area contributed by atoms with Crippen molar-refractivity contribution in [2.75, 3.05) is 25.1 Å². The number of carbonyl (C=O) groups excluding carboxylic acids is 2. The van der Waals surface area contributed by atoms with Crippen LogP contribution in [0, 0.1) is 6.92 Å². The highest BCUT2D eigenvalue weighted by molar-refractivity contribution is 7.19. The van der Waals surface area contributed by atoms with Crippen molar-refractivity contribution in [3.8, 4) is 10.6 Å². The molecule has 0 saturated carbocycles. The first kappa shape index (κ1) is 22.6. The molecule has 4 heterocycles. The van der Waals surface area contributed by atoms with Gasteiger partial charge >= 0.3 is 6.03 Å². The molecule has 0 aromatic carbocycles. The number of nitrogens with zero attached hydrogens (tertiary/aromatic N) is 4. The van der Waals surface area contributed by atoms with Gasteiger partial charge in [-0.3, -0.25) is 10.1 Å². The van der Waals surface area contributed by atoms with Gasteiger partial charge in [0.2, 0.25) is 5.91 Å². The highest BCUT2D eigenvalue weighted by Crippen LogP contribution is 2.38. The SMILES string of the molecule is CCC1(c2nccc(-c3sc(NC(=O)N4CCC[C@@]4(C)C(N)=O)nc3C)n2)CCOCC1. The number of aromatic nitrogens is 3. The Bertz CT molecular complexity index is 1020. The number of anilines is 1. The molecule has 0 bridgehead atoms. The van der Waals surface area contributed by atoms with Crippen LogP contribution in [-0.2, 0) is 14.9 Å². The maximum atomic E-state index is 12.9. The minimum atomic E-state index is -0.973. The van der Waals surface area contributed by atoms with E-state index in [1.807, 2.05) is 13.0 Å². The van der Waals surface area contributed by atoms with Crippen LogP contribution in [0.15, 0.2) is 12.3 Å². The molecule has 172 valence electrons. The number of urea groups is 1. The molecule has 2 aliphatic rings. The van der Waals surface area contributed by atoms with Crippen LogP contribution in [0.3, 0.4) is 0 Å². The predicted molar refractivity (Wildman–Crippen MR) is 122 cm³/mol. The fourth-order valence-electron chi connectivity index (χ4n) is 4.63. The number of thiazole rings is 1. The standard InChI is InChI=1S/C22H30N6O3S/c1-4-22(8-12-31-13-9-22)18-24-10-6-15(26-18)16-14(2)25-19(32-16)27-20(30)28-11-5-7-21(28,3)17(23)29/h6,10H,4-5,7-9,11-13H2,1-3H3,(H2,23,29)(H,25,27,30)/t21-/m0/s1. The van der Waals surface area contributed by atoms with Crippen LogP contribution in [0.1, 0.15) is 57.5 Å². The number of nitrogens with one attached hydrogen (secondary N) is 1. The topological polar surface area (TPSA) is 123 Å². The van der Waals surface area contributed by atoms with Gasteiger partial charge in [0.25, 0.3) is 0 Å². The number of hydrogen-bond donors (Lipinski definition) is 2. The zero-order chi connectivity index (χ0) is 22.9. The Kier molecular flexibility index (Phi) is 6.17. The molecule has 2 fully saturated rings. The lowest BCUT2D eigenvalue weighted by Crippen LogP contribution is -2.55. The van der Waals surface area contributed by atoms with Crippen LogP contribution in [0.25, 0.3) is 10.6 Å². The second-order valence-electron chi connectivity index (χ2n) is 8.77. The van der Waals surface area contributed by atoms with Gasteiger partial charge in [-0.25, -0.2) is 19.7 Å². The van der Waals surface area contributed by atoms with E-state index in [1.54, 1.807) is 13.1 Å². The van der Waals surface area contributed by atoms with E-state index in [0.717, 1.165) is 61.0 Å². The van der Waals surface area contributed by atoms with Crippen molar-refractivity contribution in [3.63, 3.8) is 0 Å². The molecule has 0 unspecified atom stereocenters. The molecule has 3 amide bonds. The molecule has 2 aliphatic heterocycles. The number of primary amides is 1. The molecule has 0 radical (unpaired) electrons. The normalized spacial score (nSPS) is 22.7. The van der Waals surface area contributed by atoms with Gasteiger partial charge in [-0.15, -0.1) is 0 Å². The van der Waals surface area contributed by atoms with Gasteiger partial charge in [0, 0.05) is 31.4 Å². The average Bonchev–Trinajstić information content (AvgIpc) is 3.37. The summed E-state index contributed by atoms with van der Waals surface area (Å²) in [5, 5.41) is 3.32. The molecular weight excluding hydrogens is 428 g/mol. The fraction of sp³-hybridized carbons (Fsp3) is 0.591. The van der Waals surface area contributed by atoms with Crippen molar-refractivity contribution < 1.29 is 14.3 Å². The molecule has 2 saturated heterocycles. The van der Waals surface area contributed by atoms with E-state index in [-0.39, 0.29) is 11.4 Å². The molecule has 1 atom stereocenters. The van der Waals surface area contributed by atoms with Crippen LogP contribution < -0.4 is 11.1 Å². The Morgan fingerprint density at radius 2 is 2.03 bits per heavy atom. The molecular formula is C22H30N6O3S. The summed E-state index contributed by atoms with van der Waals surface area (Å²) in [4.78, 5) is 41.2. The number of hydrogen-bond acceptors (Lipinski definition) is 7. The molecule has 32 heavy (non-hydrogen) atoms. The van der Waals surface area contributed by atoms with Crippen LogP contribution in [-0.4, -0.2) is 57.1 Å². The van der Waals surface area contributed by atoms with E-state index < -0.39 is 11.4 Å². The number of ether oxygens (including phenoxy) is 1. The maximum absolute atomic E-state index is 12.9. The minimum absolute atomic E-state index is 0.0706. The Morgan fingerprint density at radius 1 is 1.28 bits per heavy atom. The molecule has 0 aliphatic carbocycles. The summed E-state index contributed by atoms with van der Waals surface area (Å²) in [6.07, 6.45) is 5.87. The van der Waals surface area contributed by atoms with Crippen molar-refractivity contribution in [1.82, 2.24) is 19.9 Å². The Morgan fingerprint density at radius 3 is 2.72 bits per heavy atom. The van der Waals surface area contributed by atoms with Crippen LogP contribution in [0.5, 0.6) is 0 Å². The van der Waals surface area contributed by atoms with E-state index in [9.17, 15) is 9.59 Å². The molecule has 9 nitrogen and oxygen atoms in total. The van der Waals surface area contributed by atoms with Crippen molar-refractivity contribution in [2.24, 2.45) is 5.73 Å². The maximum Gasteiger partial charge on any atom is 0.324 e. The molecule has 0 spiro atoms. The second kappa shape index (κ2) is 8.74. The van der Waals surface area contributed by atoms with Gasteiger partial charge < -0.3 is 15.4 Å². The van der Waals surface area contributed by atoms with E-state index in [4.69, 9.17) is 15.5 Å². The zero-order valence-corrected chi connectivity index (χ0v) is 19.6. The lowest BCUT2D eigenvalue weighted by atomic mass is 9.77. The van der Waals surface area contributed by atoms with Crippen LogP contribution in [0.2, 0.25) is 0 Å². The summed E-state index contributed by atoms with van der Waals surface area (Å²) >= 11 is 1.37. The first-order valence-corrected chi connectivity index (χ1v) is 11.9. The summed E-state index contributed by atoms with van der Waals surface area (Å²) in [7, 11) is 0. The lowest BCUT2D eigenvalue weighted by Gasteiger charge is -2.34. The average molecular weight is 459 g/mol. The number of nitrogens with two attached hydrogens (primary N) is 1. The third-order valence-corrected chi connectivity index (χ3v) is 8.01. The molecule has 4 rings (SSSR count). The largest absolute Gasteiger partial charge is 0.381 e. The summed E-state index contributed by atoms with van der Waals surface area (Å²) in [6.45, 7) is 7.71. The number of rotatable bonds is 5. The van der Waals surface area contributed by atoms with Gasteiger partial charge in [-0.05, 0) is 52.0 Å². The minimum Gasteiger partial charge on any atom is -0.381 e. The summed E-state index contributed by atoms with van der Waals surface area (Å²) in [6, 6.07) is 1.52. The smallest absolute Gasteiger partial charge is 0.324 e. The summed E-state index contributed by atoms with van der Waals surface area (Å²) in [5.41, 5.74) is 6.10. The highest BCUT2D eigenvalue weighted by Gasteiger charge is 2.44. The Balaban J connectivity index is 1.57. The number of carbonyl (C=O) groups is 2. The van der Waals surface area contributed by atoms with Gasteiger partial charge in [-0.1, -0.05) is 18.3 Å². The fourth-order valence-corrected chi connectivity index (χ4v) is 5.56. The highest BCUT2D eigenvalue weighted by atomic mass is 32.1. The van der Waals surface area contributed by atoms with Gasteiger partial charge in [0.05, 0.1) is 16.3 Å². The summed E-state index contributed by atoms with van der Waals surface area (Å²) in [5.74, 6) is 0.348. The van der Waals surface area contributed by atoms with Gasteiger partial charge in [0.15, 0.2) is 5.13 Å². The van der Waals surface area contributed by atoms with E-state index in [1.165, 1.54) is 16.2 Å². The zero-order valence-electron chi connectivity index (χ0n) is 18.8.